The summed E-state index contributed by atoms with van der Waals surface area (Å²) in [5.41, 5.74) is 8.63. The van der Waals surface area contributed by atoms with Crippen molar-refractivity contribution in [2.45, 2.75) is 44.1 Å². The molecule has 0 bridgehead atoms. The van der Waals surface area contributed by atoms with Crippen LogP contribution in [0.1, 0.15) is 38.5 Å². The minimum absolute atomic E-state index is 0.241. The van der Waals surface area contributed by atoms with Crippen LogP contribution in [0.15, 0.2) is 4.99 Å². The van der Waals surface area contributed by atoms with Gasteiger partial charge in [0.05, 0.1) is 0 Å². The fourth-order valence-corrected chi connectivity index (χ4v) is 2.69. The smallest absolute Gasteiger partial charge is 0.220 e. The van der Waals surface area contributed by atoms with Gasteiger partial charge in [-0.3, -0.25) is 0 Å². The highest BCUT2D eigenvalue weighted by Gasteiger charge is 2.33. The van der Waals surface area contributed by atoms with Gasteiger partial charge in [-0.1, -0.05) is 19.3 Å². The molecule has 0 saturated heterocycles. The maximum Gasteiger partial charge on any atom is 0.220 e. The van der Waals surface area contributed by atoms with E-state index in [1.165, 1.54) is 32.1 Å². The van der Waals surface area contributed by atoms with Crippen LogP contribution >= 0.6 is 12.6 Å². The number of hydrogen-bond acceptors (Lipinski definition) is 5. The molecule has 0 radical (unpaired) electrons. The van der Waals surface area contributed by atoms with Crippen molar-refractivity contribution in [3.8, 4) is 0 Å². The number of nitrogens with zero attached hydrogens (tertiary/aromatic N) is 1. The molecule has 0 aromatic heterocycles. The van der Waals surface area contributed by atoms with Crippen molar-refractivity contribution >= 4 is 18.5 Å². The van der Waals surface area contributed by atoms with Crippen LogP contribution < -0.4 is 11.2 Å². The van der Waals surface area contributed by atoms with E-state index >= 15 is 0 Å². The van der Waals surface area contributed by atoms with E-state index in [1.54, 1.807) is 0 Å². The molecule has 0 spiro atoms. The van der Waals surface area contributed by atoms with Crippen molar-refractivity contribution in [3.63, 3.8) is 0 Å². The number of hydrogen-bond donors (Lipinski definition) is 3. The first-order chi connectivity index (χ1) is 7.24. The first kappa shape index (κ1) is 11.2. The Morgan fingerprint density at radius 1 is 1.47 bits per heavy atom. The Labute approximate surface area is 96.0 Å². The molecule has 4 nitrogen and oxygen atoms in total. The number of aliphatic imine (C=N–C) groups is 1. The Bertz CT molecular complexity index is 251. The summed E-state index contributed by atoms with van der Waals surface area (Å²) in [6, 6.07) is 0. The van der Waals surface area contributed by atoms with Gasteiger partial charge < -0.3 is 5.73 Å². The van der Waals surface area contributed by atoms with E-state index in [4.69, 9.17) is 10.6 Å². The van der Waals surface area contributed by atoms with Crippen LogP contribution in [0.25, 0.3) is 0 Å². The van der Waals surface area contributed by atoms with E-state index in [9.17, 15) is 0 Å². The standard InChI is InChI=1S/C10H19N3OS/c11-7-10(4-2-1-3-5-10)6-8-12-9(15)14-13-8/h9,15H,1-7,11H2,(H,12,13). The molecular weight excluding hydrogens is 210 g/mol. The SMILES string of the molecule is NCC1(CC2=NC(S)ON2)CCCCC1. The van der Waals surface area contributed by atoms with Gasteiger partial charge in [-0.2, -0.15) is 0 Å². The average Bonchev–Trinajstić information content (AvgIpc) is 2.65. The molecule has 1 saturated carbocycles. The second-order valence-electron chi connectivity index (χ2n) is 4.56. The molecule has 86 valence electrons. The number of thiol groups is 1. The van der Waals surface area contributed by atoms with Crippen molar-refractivity contribution in [2.24, 2.45) is 16.1 Å². The molecule has 1 aliphatic heterocycles. The summed E-state index contributed by atoms with van der Waals surface area (Å²) in [7, 11) is 0. The van der Waals surface area contributed by atoms with E-state index in [2.05, 4.69) is 23.1 Å². The van der Waals surface area contributed by atoms with Crippen molar-refractivity contribution < 1.29 is 4.84 Å². The lowest BCUT2D eigenvalue weighted by molar-refractivity contribution is 0.0905. The zero-order valence-corrected chi connectivity index (χ0v) is 9.80. The van der Waals surface area contributed by atoms with Gasteiger partial charge in [0.25, 0.3) is 0 Å². The summed E-state index contributed by atoms with van der Waals surface area (Å²) < 4.78 is 0. The zero-order valence-electron chi connectivity index (χ0n) is 8.91. The number of hydroxylamine groups is 1. The maximum absolute atomic E-state index is 5.91. The fraction of sp³-hybridized carbons (Fsp3) is 0.900. The Hall–Kier alpha value is -0.260. The first-order valence-corrected chi connectivity index (χ1v) is 6.12. The highest BCUT2D eigenvalue weighted by molar-refractivity contribution is 7.80. The summed E-state index contributed by atoms with van der Waals surface area (Å²) in [5.74, 6) is 0.905. The largest absolute Gasteiger partial charge is 0.330 e. The summed E-state index contributed by atoms with van der Waals surface area (Å²) >= 11 is 4.12. The molecule has 0 amide bonds. The van der Waals surface area contributed by atoms with Gasteiger partial charge in [0.2, 0.25) is 5.56 Å². The Morgan fingerprint density at radius 3 is 2.73 bits per heavy atom. The molecule has 1 atom stereocenters. The van der Waals surface area contributed by atoms with Gasteiger partial charge in [0, 0.05) is 6.42 Å². The van der Waals surface area contributed by atoms with Gasteiger partial charge in [0.1, 0.15) is 5.84 Å². The highest BCUT2D eigenvalue weighted by Crippen LogP contribution is 2.38. The minimum Gasteiger partial charge on any atom is -0.330 e. The molecule has 1 fully saturated rings. The molecule has 0 aromatic carbocycles. The Balaban J connectivity index is 1.97. The van der Waals surface area contributed by atoms with E-state index in [1.807, 2.05) is 0 Å². The topological polar surface area (TPSA) is 59.6 Å². The predicted octanol–water partition coefficient (Wildman–Crippen LogP) is 1.43. The van der Waals surface area contributed by atoms with Crippen LogP contribution in [0, 0.1) is 5.41 Å². The molecule has 15 heavy (non-hydrogen) atoms. The Morgan fingerprint density at radius 2 is 2.20 bits per heavy atom. The predicted molar refractivity (Wildman–Crippen MR) is 63.6 cm³/mol. The fourth-order valence-electron chi connectivity index (χ4n) is 2.50. The molecule has 3 N–H and O–H groups in total. The number of amidine groups is 1. The molecule has 5 heteroatoms. The van der Waals surface area contributed by atoms with Crippen LogP contribution in [0.5, 0.6) is 0 Å². The van der Waals surface area contributed by atoms with E-state index in [0.29, 0.717) is 0 Å². The molecule has 2 aliphatic rings. The third-order valence-electron chi connectivity index (χ3n) is 3.44. The first-order valence-electron chi connectivity index (χ1n) is 5.61. The van der Waals surface area contributed by atoms with E-state index < -0.39 is 0 Å². The second kappa shape index (κ2) is 4.72. The summed E-state index contributed by atoms with van der Waals surface area (Å²) in [4.78, 5) is 9.33. The lowest BCUT2D eigenvalue weighted by atomic mass is 9.71. The van der Waals surface area contributed by atoms with Gasteiger partial charge >= 0.3 is 0 Å². The normalized spacial score (nSPS) is 29.7. The van der Waals surface area contributed by atoms with Crippen molar-refractivity contribution in [3.05, 3.63) is 0 Å². The quantitative estimate of drug-likeness (QED) is 0.642. The average molecular weight is 229 g/mol. The van der Waals surface area contributed by atoms with Crippen molar-refractivity contribution in [1.82, 2.24) is 5.48 Å². The summed E-state index contributed by atoms with van der Waals surface area (Å²) in [6.45, 7) is 0.741. The second-order valence-corrected chi connectivity index (χ2v) is 5.01. The van der Waals surface area contributed by atoms with Crippen molar-refractivity contribution in [2.75, 3.05) is 6.54 Å². The van der Waals surface area contributed by atoms with Gasteiger partial charge in [-0.25, -0.2) is 15.3 Å². The van der Waals surface area contributed by atoms with E-state index in [-0.39, 0.29) is 11.0 Å². The lowest BCUT2D eigenvalue weighted by Crippen LogP contribution is -2.37. The number of nitrogens with two attached hydrogens (primary N) is 1. The van der Waals surface area contributed by atoms with Crippen molar-refractivity contribution in [1.29, 1.82) is 0 Å². The van der Waals surface area contributed by atoms with Crippen LogP contribution in [0.2, 0.25) is 0 Å². The summed E-state index contributed by atoms with van der Waals surface area (Å²) in [6.07, 6.45) is 7.24. The molecule has 0 aromatic rings. The van der Waals surface area contributed by atoms with Crippen LogP contribution in [0.3, 0.4) is 0 Å². The van der Waals surface area contributed by atoms with Crippen LogP contribution in [-0.4, -0.2) is 17.9 Å². The third-order valence-corrected chi connectivity index (χ3v) is 3.66. The highest BCUT2D eigenvalue weighted by atomic mass is 32.1. The van der Waals surface area contributed by atoms with Gasteiger partial charge in [-0.05, 0) is 24.8 Å². The molecule has 1 unspecified atom stereocenters. The van der Waals surface area contributed by atoms with E-state index in [0.717, 1.165) is 18.8 Å². The Kier molecular flexibility index (Phi) is 3.53. The maximum atomic E-state index is 5.91. The summed E-state index contributed by atoms with van der Waals surface area (Å²) in [5, 5.41) is 0. The molecule has 2 rings (SSSR count). The minimum atomic E-state index is -0.349. The van der Waals surface area contributed by atoms with Gasteiger partial charge in [0.15, 0.2) is 0 Å². The zero-order chi connectivity index (χ0) is 10.7. The molecular formula is C10H19N3OS. The van der Waals surface area contributed by atoms with Crippen LogP contribution in [0.4, 0.5) is 0 Å². The number of rotatable bonds is 3. The number of nitrogens with one attached hydrogen (secondary N) is 1. The van der Waals surface area contributed by atoms with Gasteiger partial charge in [-0.15, -0.1) is 12.6 Å². The lowest BCUT2D eigenvalue weighted by Gasteiger charge is -2.35. The van der Waals surface area contributed by atoms with Crippen LogP contribution in [-0.2, 0) is 4.84 Å². The monoisotopic (exact) mass is 229 g/mol. The third kappa shape index (κ3) is 2.65. The molecule has 1 aliphatic carbocycles. The molecule has 1 heterocycles.